The van der Waals surface area contributed by atoms with Gasteiger partial charge in [0.05, 0.1) is 6.61 Å². The Hall–Kier alpha value is -1.34. The molecule has 0 N–H and O–H groups in total. The fourth-order valence-electron chi connectivity index (χ4n) is 1.78. The predicted octanol–water partition coefficient (Wildman–Crippen LogP) is 1.44. The summed E-state index contributed by atoms with van der Waals surface area (Å²) in [4.78, 5) is 23.2. The Kier molecular flexibility index (Phi) is 4.53. The maximum Gasteiger partial charge on any atom is 0.383 e. The predicted molar refractivity (Wildman–Crippen MR) is 52.3 cm³/mol. The van der Waals surface area contributed by atoms with Gasteiger partial charge in [0.1, 0.15) is 6.04 Å². The van der Waals surface area contributed by atoms with E-state index in [4.69, 9.17) is 0 Å². The Morgan fingerprint density at radius 1 is 1.44 bits per heavy atom. The molecule has 18 heavy (non-hydrogen) atoms. The summed E-state index contributed by atoms with van der Waals surface area (Å²) in [5, 5.41) is 0. The van der Waals surface area contributed by atoms with Crippen LogP contribution in [0.2, 0.25) is 0 Å². The summed E-state index contributed by atoms with van der Waals surface area (Å²) in [7, 11) is 0. The first-order chi connectivity index (χ1) is 8.32. The number of carbonyl (C=O) groups is 2. The van der Waals surface area contributed by atoms with Crippen molar-refractivity contribution in [3.63, 3.8) is 0 Å². The molecule has 104 valence electrons. The largest absolute Gasteiger partial charge is 0.464 e. The first-order valence-corrected chi connectivity index (χ1v) is 5.46. The van der Waals surface area contributed by atoms with E-state index in [1.165, 1.54) is 6.92 Å². The Morgan fingerprint density at radius 3 is 2.56 bits per heavy atom. The fraction of sp³-hybridized carbons (Fsp3) is 0.800. The summed E-state index contributed by atoms with van der Waals surface area (Å²) in [5.74, 6) is -7.63. The molecular weight excluding hydrogens is 258 g/mol. The van der Waals surface area contributed by atoms with Crippen LogP contribution in [0, 0.1) is 0 Å². The number of nitrogens with zero attached hydrogens (tertiary/aromatic N) is 1. The number of ether oxygens (including phenoxy) is 1. The van der Waals surface area contributed by atoms with E-state index in [0.717, 1.165) is 0 Å². The van der Waals surface area contributed by atoms with Crippen molar-refractivity contribution in [2.75, 3.05) is 13.2 Å². The zero-order chi connectivity index (χ0) is 13.9. The molecule has 1 heterocycles. The lowest BCUT2D eigenvalue weighted by Gasteiger charge is -2.26. The highest BCUT2D eigenvalue weighted by molar-refractivity contribution is 5.89. The number of amides is 1. The van der Waals surface area contributed by atoms with E-state index in [1.54, 1.807) is 0 Å². The molecule has 1 rings (SSSR count). The van der Waals surface area contributed by atoms with Gasteiger partial charge in [-0.05, 0) is 19.8 Å². The van der Waals surface area contributed by atoms with Gasteiger partial charge in [-0.2, -0.15) is 8.78 Å². The van der Waals surface area contributed by atoms with Crippen LogP contribution in [0.5, 0.6) is 0 Å². The SMILES string of the molecule is CCOC(=O)C1CCCN1C(=O)C(F)(F)C(F)F. The first-order valence-electron chi connectivity index (χ1n) is 5.46. The number of hydrogen-bond acceptors (Lipinski definition) is 3. The lowest BCUT2D eigenvalue weighted by Crippen LogP contribution is -2.51. The van der Waals surface area contributed by atoms with Crippen LogP contribution in [0.1, 0.15) is 19.8 Å². The second-order valence-electron chi connectivity index (χ2n) is 3.83. The zero-order valence-corrected chi connectivity index (χ0v) is 9.67. The zero-order valence-electron chi connectivity index (χ0n) is 9.67. The van der Waals surface area contributed by atoms with Crippen molar-refractivity contribution >= 4 is 11.9 Å². The van der Waals surface area contributed by atoms with Crippen molar-refractivity contribution in [2.24, 2.45) is 0 Å². The fourth-order valence-corrected chi connectivity index (χ4v) is 1.78. The van der Waals surface area contributed by atoms with Crippen molar-refractivity contribution in [1.82, 2.24) is 4.90 Å². The van der Waals surface area contributed by atoms with Gasteiger partial charge in [-0.1, -0.05) is 0 Å². The molecule has 8 heteroatoms. The molecule has 1 fully saturated rings. The summed E-state index contributed by atoms with van der Waals surface area (Å²) in [6, 6.07) is -1.19. The van der Waals surface area contributed by atoms with Crippen molar-refractivity contribution in [3.8, 4) is 0 Å². The molecule has 1 aliphatic heterocycles. The summed E-state index contributed by atoms with van der Waals surface area (Å²) in [6.07, 6.45) is -3.65. The quantitative estimate of drug-likeness (QED) is 0.574. The Morgan fingerprint density at radius 2 is 2.06 bits per heavy atom. The third-order valence-electron chi connectivity index (χ3n) is 2.63. The van der Waals surface area contributed by atoms with E-state index in [1.807, 2.05) is 0 Å². The molecule has 0 spiro atoms. The average Bonchev–Trinajstić information content (AvgIpc) is 2.76. The molecule has 0 aliphatic carbocycles. The second kappa shape index (κ2) is 5.53. The molecule has 1 aliphatic rings. The van der Waals surface area contributed by atoms with Crippen molar-refractivity contribution in [2.45, 2.75) is 38.2 Å². The van der Waals surface area contributed by atoms with E-state index in [-0.39, 0.29) is 19.6 Å². The van der Waals surface area contributed by atoms with Crippen LogP contribution in [0.25, 0.3) is 0 Å². The molecule has 0 aromatic heterocycles. The number of rotatable bonds is 4. The molecule has 1 atom stereocenters. The Bertz CT molecular complexity index is 335. The van der Waals surface area contributed by atoms with E-state index in [2.05, 4.69) is 4.74 Å². The lowest BCUT2D eigenvalue weighted by atomic mass is 10.2. The molecule has 0 aromatic carbocycles. The van der Waals surface area contributed by atoms with E-state index < -0.39 is 30.3 Å². The van der Waals surface area contributed by atoms with E-state index in [9.17, 15) is 27.2 Å². The summed E-state index contributed by atoms with van der Waals surface area (Å²) in [6.45, 7) is 1.40. The Labute approximate surface area is 101 Å². The van der Waals surface area contributed by atoms with Crippen LogP contribution in [-0.2, 0) is 14.3 Å². The number of halogens is 4. The Balaban J connectivity index is 2.82. The van der Waals surface area contributed by atoms with Gasteiger partial charge in [0.15, 0.2) is 0 Å². The maximum atomic E-state index is 12.9. The standard InChI is InChI=1S/C10H13F4NO3/c1-2-18-7(16)6-4-3-5-15(6)9(17)10(13,14)8(11)12/h6,8H,2-5H2,1H3. The van der Waals surface area contributed by atoms with Gasteiger partial charge in [0, 0.05) is 6.54 Å². The van der Waals surface area contributed by atoms with Crippen LogP contribution >= 0.6 is 0 Å². The average molecular weight is 271 g/mol. The smallest absolute Gasteiger partial charge is 0.383 e. The molecule has 0 aromatic rings. The van der Waals surface area contributed by atoms with Gasteiger partial charge in [-0.15, -0.1) is 0 Å². The molecule has 0 saturated carbocycles. The lowest BCUT2D eigenvalue weighted by molar-refractivity contribution is -0.184. The van der Waals surface area contributed by atoms with Gasteiger partial charge in [0.2, 0.25) is 0 Å². The maximum absolute atomic E-state index is 12.9. The molecular formula is C10H13F4NO3. The minimum absolute atomic E-state index is 0.0304. The number of likely N-dealkylation sites (tertiary alicyclic amines) is 1. The minimum Gasteiger partial charge on any atom is -0.464 e. The molecule has 1 unspecified atom stereocenters. The van der Waals surface area contributed by atoms with Crippen molar-refractivity contribution in [1.29, 1.82) is 0 Å². The summed E-state index contributed by atoms with van der Waals surface area (Å²) < 4.78 is 54.6. The molecule has 0 bridgehead atoms. The van der Waals surface area contributed by atoms with Gasteiger partial charge in [0.25, 0.3) is 5.91 Å². The van der Waals surface area contributed by atoms with Crippen LogP contribution < -0.4 is 0 Å². The topological polar surface area (TPSA) is 46.6 Å². The van der Waals surface area contributed by atoms with Crippen molar-refractivity contribution < 1.29 is 31.9 Å². The number of carbonyl (C=O) groups excluding carboxylic acids is 2. The van der Waals surface area contributed by atoms with Crippen LogP contribution in [0.15, 0.2) is 0 Å². The molecule has 1 amide bonds. The summed E-state index contributed by atoms with van der Waals surface area (Å²) >= 11 is 0. The number of esters is 1. The molecule has 4 nitrogen and oxygen atoms in total. The number of hydrogen-bond donors (Lipinski definition) is 0. The van der Waals surface area contributed by atoms with Crippen LogP contribution in [-0.4, -0.2) is 48.3 Å². The van der Waals surface area contributed by atoms with Crippen LogP contribution in [0.4, 0.5) is 17.6 Å². The van der Waals surface area contributed by atoms with Crippen molar-refractivity contribution in [3.05, 3.63) is 0 Å². The van der Waals surface area contributed by atoms with Gasteiger partial charge in [-0.25, -0.2) is 13.6 Å². The third-order valence-corrected chi connectivity index (χ3v) is 2.63. The second-order valence-corrected chi connectivity index (χ2v) is 3.83. The third kappa shape index (κ3) is 2.73. The summed E-state index contributed by atoms with van der Waals surface area (Å²) in [5.41, 5.74) is 0. The molecule has 1 saturated heterocycles. The highest BCUT2D eigenvalue weighted by Crippen LogP contribution is 2.29. The highest BCUT2D eigenvalue weighted by atomic mass is 19.3. The van der Waals surface area contributed by atoms with Gasteiger partial charge < -0.3 is 9.64 Å². The normalized spacial score (nSPS) is 20.3. The first kappa shape index (κ1) is 14.7. The highest BCUT2D eigenvalue weighted by Gasteiger charge is 2.54. The monoisotopic (exact) mass is 271 g/mol. The van der Waals surface area contributed by atoms with Gasteiger partial charge >= 0.3 is 18.3 Å². The van der Waals surface area contributed by atoms with E-state index >= 15 is 0 Å². The minimum atomic E-state index is -4.77. The van der Waals surface area contributed by atoms with E-state index in [0.29, 0.717) is 11.3 Å². The molecule has 0 radical (unpaired) electrons. The number of alkyl halides is 4. The van der Waals surface area contributed by atoms with Gasteiger partial charge in [-0.3, -0.25) is 4.79 Å². The van der Waals surface area contributed by atoms with Crippen LogP contribution in [0.3, 0.4) is 0 Å².